The van der Waals surface area contributed by atoms with Gasteiger partial charge in [-0.3, -0.25) is 0 Å². The number of alkyl halides is 3. The van der Waals surface area contributed by atoms with Crippen LogP contribution in [0.1, 0.15) is 70.3 Å². The maximum atomic E-state index is 13.0. The molecule has 0 aliphatic heterocycles. The summed E-state index contributed by atoms with van der Waals surface area (Å²) in [5, 5.41) is 1.57. The molecule has 3 aromatic carbocycles. The third kappa shape index (κ3) is 12.2. The summed E-state index contributed by atoms with van der Waals surface area (Å²) in [4.78, 5) is 36.7. The van der Waals surface area contributed by atoms with E-state index in [2.05, 4.69) is 6.58 Å². The Morgan fingerprint density at radius 1 is 0.812 bits per heavy atom. The summed E-state index contributed by atoms with van der Waals surface area (Å²) < 4.78 is 71.7. The molecule has 0 aromatic heterocycles. The number of benzene rings is 3. The number of halogens is 3. The molecule has 3 rings (SSSR count). The highest BCUT2D eigenvalue weighted by molar-refractivity contribution is 5.95. The van der Waals surface area contributed by atoms with Crippen LogP contribution in [0.5, 0.6) is 11.5 Å². The highest BCUT2D eigenvalue weighted by atomic mass is 19.4. The summed E-state index contributed by atoms with van der Waals surface area (Å²) in [7, 11) is 0. The molecule has 2 atom stereocenters. The summed E-state index contributed by atoms with van der Waals surface area (Å²) in [6, 6.07) is 16.4. The van der Waals surface area contributed by atoms with Gasteiger partial charge in [0, 0.05) is 12.0 Å². The topological polar surface area (TPSA) is 107 Å². The molecular weight excluding hydrogens is 633 g/mol. The van der Waals surface area contributed by atoms with Crippen LogP contribution in [0.15, 0.2) is 72.8 Å². The molecule has 0 saturated carbocycles. The first-order chi connectivity index (χ1) is 22.3. The second kappa shape index (κ2) is 16.0. The number of carbonyl (C=O) groups is 3. The third-order valence-electron chi connectivity index (χ3n) is 6.81. The van der Waals surface area contributed by atoms with Crippen molar-refractivity contribution in [1.82, 2.24) is 0 Å². The molecule has 0 N–H and O–H groups in total. The molecule has 9 nitrogen and oxygen atoms in total. The number of ether oxygens (including phenoxy) is 6. The number of hydrogen-bond acceptors (Lipinski definition) is 9. The van der Waals surface area contributed by atoms with Gasteiger partial charge in [0.05, 0.1) is 12.2 Å². The predicted molar refractivity (Wildman–Crippen MR) is 172 cm³/mol. The van der Waals surface area contributed by atoms with Crippen LogP contribution in [0.25, 0.3) is 10.8 Å². The van der Waals surface area contributed by atoms with E-state index in [1.54, 1.807) is 64.1 Å². The van der Waals surface area contributed by atoms with Crippen molar-refractivity contribution in [3.8, 4) is 11.5 Å². The Morgan fingerprint density at radius 2 is 1.44 bits per heavy atom. The first kappa shape index (κ1) is 37.9. The lowest BCUT2D eigenvalue weighted by Crippen LogP contribution is -2.31. The molecule has 0 aliphatic rings. The van der Waals surface area contributed by atoms with Crippen LogP contribution in [0.2, 0.25) is 0 Å². The van der Waals surface area contributed by atoms with E-state index in [1.165, 1.54) is 38.1 Å². The van der Waals surface area contributed by atoms with Gasteiger partial charge in [-0.05, 0) is 101 Å². The van der Waals surface area contributed by atoms with Crippen molar-refractivity contribution in [2.75, 3.05) is 19.8 Å². The fourth-order valence-corrected chi connectivity index (χ4v) is 4.42. The smallest absolute Gasteiger partial charge is 0.389 e. The molecule has 0 spiro atoms. The summed E-state index contributed by atoms with van der Waals surface area (Å²) in [5.74, 6) is -0.968. The van der Waals surface area contributed by atoms with Crippen molar-refractivity contribution >= 4 is 28.7 Å². The second-order valence-electron chi connectivity index (χ2n) is 12.3. The Kier molecular flexibility index (Phi) is 12.6. The largest absolute Gasteiger partial charge is 0.482 e. The molecule has 12 heteroatoms. The van der Waals surface area contributed by atoms with Gasteiger partial charge in [0.15, 0.2) is 12.9 Å². The first-order valence-electron chi connectivity index (χ1n) is 15.2. The number of hydrogen-bond donors (Lipinski definition) is 0. The van der Waals surface area contributed by atoms with E-state index < -0.39 is 54.4 Å². The Labute approximate surface area is 277 Å². The molecule has 0 bridgehead atoms. The molecule has 0 aliphatic carbocycles. The Bertz CT molecular complexity index is 1590. The molecule has 2 unspecified atom stereocenters. The molecule has 0 amide bonds. The normalized spacial score (nSPS) is 13.6. The molecule has 0 heterocycles. The molecule has 0 radical (unpaired) electrons. The Hall–Kier alpha value is -4.58. The predicted octanol–water partition coefficient (Wildman–Crippen LogP) is 7.84. The summed E-state index contributed by atoms with van der Waals surface area (Å²) in [5.41, 5.74) is -1.38. The van der Waals surface area contributed by atoms with Gasteiger partial charge in [-0.15, -0.1) is 0 Å². The standard InChI is InChI=1S/C36H41F3O9/c1-23(2)32(41)48-35(7,16-17-36(37,38)39)28-11-14-29(15-12-28)46-24(3)43-18-19-44-33(42)27-9-8-26-21-30(13-10-25(26)20-27)45-22-31(40)47-34(4,5)6/h8-15,20-21,24H,1,16-19,22H2,2-7H3. The van der Waals surface area contributed by atoms with Crippen LogP contribution < -0.4 is 9.47 Å². The molecular formula is C36H41F3O9. The lowest BCUT2D eigenvalue weighted by Gasteiger charge is -2.31. The average molecular weight is 675 g/mol. The first-order valence-corrected chi connectivity index (χ1v) is 15.2. The van der Waals surface area contributed by atoms with Gasteiger partial charge in [-0.2, -0.15) is 13.2 Å². The molecule has 48 heavy (non-hydrogen) atoms. The highest BCUT2D eigenvalue weighted by Crippen LogP contribution is 2.36. The van der Waals surface area contributed by atoms with Crippen LogP contribution in [0.4, 0.5) is 13.2 Å². The number of rotatable bonds is 15. The van der Waals surface area contributed by atoms with Gasteiger partial charge >= 0.3 is 24.1 Å². The lowest BCUT2D eigenvalue weighted by molar-refractivity contribution is -0.167. The van der Waals surface area contributed by atoms with Gasteiger partial charge in [-0.1, -0.05) is 30.8 Å². The summed E-state index contributed by atoms with van der Waals surface area (Å²) in [6.45, 7) is 13.0. The quantitative estimate of drug-likeness (QED) is 0.0524. The zero-order chi connectivity index (χ0) is 35.7. The Balaban J connectivity index is 1.48. The maximum absolute atomic E-state index is 13.0. The monoisotopic (exact) mass is 674 g/mol. The van der Waals surface area contributed by atoms with E-state index in [0.717, 1.165) is 10.8 Å². The van der Waals surface area contributed by atoms with Crippen molar-refractivity contribution in [2.24, 2.45) is 0 Å². The van der Waals surface area contributed by atoms with Gasteiger partial charge < -0.3 is 28.4 Å². The summed E-state index contributed by atoms with van der Waals surface area (Å²) in [6.07, 6.45) is -6.79. The minimum atomic E-state index is -4.43. The molecule has 260 valence electrons. The van der Waals surface area contributed by atoms with Gasteiger partial charge in [0.25, 0.3) is 0 Å². The van der Waals surface area contributed by atoms with Crippen LogP contribution in [-0.4, -0.2) is 55.8 Å². The van der Waals surface area contributed by atoms with Gasteiger partial charge in [0.2, 0.25) is 0 Å². The lowest BCUT2D eigenvalue weighted by atomic mass is 9.90. The van der Waals surface area contributed by atoms with Crippen molar-refractivity contribution < 1.29 is 56.0 Å². The maximum Gasteiger partial charge on any atom is 0.389 e. The zero-order valence-electron chi connectivity index (χ0n) is 27.9. The fraction of sp³-hybridized carbons (Fsp3) is 0.417. The van der Waals surface area contributed by atoms with E-state index in [4.69, 9.17) is 28.4 Å². The van der Waals surface area contributed by atoms with Crippen LogP contribution >= 0.6 is 0 Å². The zero-order valence-corrected chi connectivity index (χ0v) is 27.9. The fourth-order valence-electron chi connectivity index (χ4n) is 4.42. The number of esters is 3. The van der Waals surface area contributed by atoms with Crippen molar-refractivity contribution in [3.63, 3.8) is 0 Å². The second-order valence-corrected chi connectivity index (χ2v) is 12.3. The van der Waals surface area contributed by atoms with Crippen LogP contribution in [0.3, 0.4) is 0 Å². The van der Waals surface area contributed by atoms with E-state index in [0.29, 0.717) is 22.6 Å². The van der Waals surface area contributed by atoms with E-state index in [9.17, 15) is 27.6 Å². The van der Waals surface area contributed by atoms with E-state index >= 15 is 0 Å². The third-order valence-corrected chi connectivity index (χ3v) is 6.81. The molecule has 3 aromatic rings. The van der Waals surface area contributed by atoms with E-state index in [1.807, 2.05) is 0 Å². The van der Waals surface area contributed by atoms with Gasteiger partial charge in [0.1, 0.15) is 29.3 Å². The average Bonchev–Trinajstić information content (AvgIpc) is 2.99. The molecule has 0 fully saturated rings. The van der Waals surface area contributed by atoms with Crippen molar-refractivity contribution in [3.05, 3.63) is 83.9 Å². The Morgan fingerprint density at radius 3 is 2.06 bits per heavy atom. The molecule has 0 saturated heterocycles. The minimum Gasteiger partial charge on any atom is -0.482 e. The van der Waals surface area contributed by atoms with Gasteiger partial charge in [-0.25, -0.2) is 14.4 Å². The van der Waals surface area contributed by atoms with Crippen LogP contribution in [0, 0.1) is 0 Å². The van der Waals surface area contributed by atoms with Crippen molar-refractivity contribution in [2.45, 2.75) is 78.1 Å². The number of carbonyl (C=O) groups excluding carboxylic acids is 3. The van der Waals surface area contributed by atoms with Crippen LogP contribution in [-0.2, 0) is 34.1 Å². The summed E-state index contributed by atoms with van der Waals surface area (Å²) >= 11 is 0. The van der Waals surface area contributed by atoms with Crippen molar-refractivity contribution in [1.29, 1.82) is 0 Å². The number of fused-ring (bicyclic) bond motifs is 1. The SMILES string of the molecule is C=C(C)C(=O)OC(C)(CCC(F)(F)F)c1ccc(OC(C)OCCOC(=O)c2ccc3cc(OCC(=O)OC(C)(C)C)ccc3c2)cc1. The van der Waals surface area contributed by atoms with E-state index in [-0.39, 0.29) is 25.4 Å². The minimum absolute atomic E-state index is 0.0310. The highest BCUT2D eigenvalue weighted by Gasteiger charge is 2.37.